The van der Waals surface area contributed by atoms with Crippen LogP contribution in [-0.4, -0.2) is 10.8 Å². The Balaban J connectivity index is 2.11. The van der Waals surface area contributed by atoms with Crippen LogP contribution in [-0.2, 0) is 0 Å². The number of fused-ring (bicyclic) bond motifs is 1. The summed E-state index contributed by atoms with van der Waals surface area (Å²) in [6.07, 6.45) is 1.57. The Morgan fingerprint density at radius 3 is 2.52 bits per heavy atom. The van der Waals surface area contributed by atoms with Crippen LogP contribution in [0.5, 0.6) is 11.5 Å². The first-order valence-corrected chi connectivity index (χ1v) is 6.69. The van der Waals surface area contributed by atoms with E-state index in [1.54, 1.807) is 30.5 Å². The fraction of sp³-hybridized carbons (Fsp3) is 0. The van der Waals surface area contributed by atoms with E-state index in [2.05, 4.69) is 4.98 Å². The first kappa shape index (κ1) is 13.4. The number of hydrogen-bond donors (Lipinski definition) is 2. The van der Waals surface area contributed by atoms with Crippen LogP contribution in [0.1, 0.15) is 5.69 Å². The molecule has 3 N–H and O–H groups in total. The van der Waals surface area contributed by atoms with Gasteiger partial charge in [-0.05, 0) is 24.3 Å². The molecule has 4 nitrogen and oxygen atoms in total. The van der Waals surface area contributed by atoms with Gasteiger partial charge in [-0.1, -0.05) is 35.9 Å². The highest BCUT2D eigenvalue weighted by Crippen LogP contribution is 2.34. The molecule has 0 saturated carbocycles. The number of nitrogens with zero attached hydrogens (tertiary/aromatic N) is 1. The zero-order chi connectivity index (χ0) is 14.8. The zero-order valence-electron chi connectivity index (χ0n) is 11.0. The quantitative estimate of drug-likeness (QED) is 0.567. The highest BCUT2D eigenvalue weighted by molar-refractivity contribution is 6.35. The van der Waals surface area contributed by atoms with Crippen LogP contribution in [0.25, 0.3) is 10.8 Å². The van der Waals surface area contributed by atoms with E-state index in [1.807, 2.05) is 24.3 Å². The summed E-state index contributed by atoms with van der Waals surface area (Å²) in [7, 11) is 0. The van der Waals surface area contributed by atoms with Crippen molar-refractivity contribution in [3.63, 3.8) is 0 Å². The number of nitrogens with two attached hydrogens (primary N) is 1. The van der Waals surface area contributed by atoms with E-state index in [1.165, 1.54) is 0 Å². The fourth-order valence-electron chi connectivity index (χ4n) is 2.12. The number of nitrogens with one attached hydrogen (secondary N) is 1. The maximum absolute atomic E-state index is 7.55. The maximum atomic E-state index is 7.55. The number of ether oxygens (including phenoxy) is 1. The zero-order valence-corrected chi connectivity index (χ0v) is 11.8. The van der Waals surface area contributed by atoms with Crippen molar-refractivity contribution in [2.45, 2.75) is 0 Å². The number of nitrogen functional groups attached to an aromatic ring is 1. The van der Waals surface area contributed by atoms with E-state index in [0.29, 0.717) is 22.2 Å². The van der Waals surface area contributed by atoms with Gasteiger partial charge in [0.05, 0.1) is 0 Å². The minimum atomic E-state index is -0.135. The predicted octanol–water partition coefficient (Wildman–Crippen LogP) is 3.96. The first-order chi connectivity index (χ1) is 10.2. The summed E-state index contributed by atoms with van der Waals surface area (Å²) < 4.78 is 5.90. The Hall–Kier alpha value is -2.59. The number of halogens is 1. The third kappa shape index (κ3) is 2.53. The normalized spacial score (nSPS) is 10.5. The third-order valence-electron chi connectivity index (χ3n) is 3.08. The van der Waals surface area contributed by atoms with E-state index in [0.717, 1.165) is 10.8 Å². The van der Waals surface area contributed by atoms with Gasteiger partial charge < -0.3 is 10.5 Å². The fourth-order valence-corrected chi connectivity index (χ4v) is 2.35. The lowest BCUT2D eigenvalue weighted by molar-refractivity contribution is 0.484. The maximum Gasteiger partial charge on any atom is 0.156 e. The number of pyridine rings is 1. The Morgan fingerprint density at radius 2 is 1.76 bits per heavy atom. The highest BCUT2D eigenvalue weighted by atomic mass is 35.5. The van der Waals surface area contributed by atoms with E-state index < -0.39 is 0 Å². The Morgan fingerprint density at radius 1 is 1.00 bits per heavy atom. The lowest BCUT2D eigenvalue weighted by atomic mass is 10.1. The van der Waals surface area contributed by atoms with Gasteiger partial charge in [-0.25, -0.2) is 4.98 Å². The molecule has 0 radical (unpaired) electrons. The minimum Gasteiger partial charge on any atom is -0.454 e. The lowest BCUT2D eigenvalue weighted by Gasteiger charge is -2.12. The molecule has 3 rings (SSSR count). The monoisotopic (exact) mass is 297 g/mol. The second kappa shape index (κ2) is 5.42. The molecular weight excluding hydrogens is 286 g/mol. The SMILES string of the molecule is N=C(N)c1ncccc1Oc1ccc(Cl)c2ccccc12. The summed E-state index contributed by atoms with van der Waals surface area (Å²) in [6, 6.07) is 14.7. The molecule has 2 aromatic carbocycles. The Labute approximate surface area is 126 Å². The Kier molecular flexibility index (Phi) is 3.46. The van der Waals surface area contributed by atoms with E-state index >= 15 is 0 Å². The molecular formula is C16H12ClN3O. The first-order valence-electron chi connectivity index (χ1n) is 6.31. The summed E-state index contributed by atoms with van der Waals surface area (Å²) in [5.74, 6) is 0.951. The van der Waals surface area contributed by atoms with Gasteiger partial charge in [-0.2, -0.15) is 0 Å². The van der Waals surface area contributed by atoms with Crippen LogP contribution in [0.15, 0.2) is 54.7 Å². The second-order valence-corrected chi connectivity index (χ2v) is 4.86. The van der Waals surface area contributed by atoms with Gasteiger partial charge in [-0.3, -0.25) is 5.41 Å². The van der Waals surface area contributed by atoms with Crippen molar-refractivity contribution in [1.29, 1.82) is 5.41 Å². The number of benzene rings is 2. The summed E-state index contributed by atoms with van der Waals surface area (Å²) in [5, 5.41) is 10.0. The van der Waals surface area contributed by atoms with Crippen molar-refractivity contribution in [3.8, 4) is 11.5 Å². The molecule has 0 aliphatic rings. The predicted molar refractivity (Wildman–Crippen MR) is 84.3 cm³/mol. The van der Waals surface area contributed by atoms with Crippen LogP contribution in [0.3, 0.4) is 0 Å². The van der Waals surface area contributed by atoms with Crippen molar-refractivity contribution in [1.82, 2.24) is 4.98 Å². The minimum absolute atomic E-state index is 0.135. The molecule has 0 bridgehead atoms. The lowest BCUT2D eigenvalue weighted by Crippen LogP contribution is -2.14. The van der Waals surface area contributed by atoms with Crippen molar-refractivity contribution >= 4 is 28.2 Å². The van der Waals surface area contributed by atoms with Crippen LogP contribution in [0, 0.1) is 5.41 Å². The van der Waals surface area contributed by atoms with Gasteiger partial charge in [0.25, 0.3) is 0 Å². The molecule has 0 saturated heterocycles. The molecule has 0 spiro atoms. The van der Waals surface area contributed by atoms with Crippen LogP contribution in [0.2, 0.25) is 5.02 Å². The van der Waals surface area contributed by atoms with E-state index in [4.69, 9.17) is 27.5 Å². The molecule has 3 aromatic rings. The highest BCUT2D eigenvalue weighted by Gasteiger charge is 2.11. The van der Waals surface area contributed by atoms with E-state index in [-0.39, 0.29) is 5.84 Å². The van der Waals surface area contributed by atoms with Gasteiger partial charge in [0.2, 0.25) is 0 Å². The van der Waals surface area contributed by atoms with Crippen molar-refractivity contribution in [3.05, 3.63) is 65.4 Å². The van der Waals surface area contributed by atoms with Gasteiger partial charge in [0.1, 0.15) is 17.3 Å². The van der Waals surface area contributed by atoms with Crippen molar-refractivity contribution in [2.75, 3.05) is 0 Å². The smallest absolute Gasteiger partial charge is 0.156 e. The third-order valence-corrected chi connectivity index (χ3v) is 3.41. The van der Waals surface area contributed by atoms with Gasteiger partial charge in [0.15, 0.2) is 5.75 Å². The van der Waals surface area contributed by atoms with Crippen LogP contribution < -0.4 is 10.5 Å². The molecule has 1 aromatic heterocycles. The summed E-state index contributed by atoms with van der Waals surface area (Å²) in [6.45, 7) is 0. The van der Waals surface area contributed by atoms with E-state index in [9.17, 15) is 0 Å². The largest absolute Gasteiger partial charge is 0.454 e. The molecule has 0 aliphatic carbocycles. The molecule has 1 heterocycles. The molecule has 0 amide bonds. The molecule has 21 heavy (non-hydrogen) atoms. The molecule has 0 unspecified atom stereocenters. The van der Waals surface area contributed by atoms with Crippen LogP contribution >= 0.6 is 11.6 Å². The van der Waals surface area contributed by atoms with Gasteiger partial charge in [0, 0.05) is 22.0 Å². The van der Waals surface area contributed by atoms with Gasteiger partial charge in [-0.15, -0.1) is 0 Å². The second-order valence-electron chi connectivity index (χ2n) is 4.46. The summed E-state index contributed by atoms with van der Waals surface area (Å²) in [4.78, 5) is 4.07. The van der Waals surface area contributed by atoms with Gasteiger partial charge >= 0.3 is 0 Å². The molecule has 104 valence electrons. The van der Waals surface area contributed by atoms with Crippen molar-refractivity contribution in [2.24, 2.45) is 5.73 Å². The number of rotatable bonds is 3. The average molecular weight is 298 g/mol. The number of aromatic nitrogens is 1. The van der Waals surface area contributed by atoms with Crippen LogP contribution in [0.4, 0.5) is 0 Å². The topological polar surface area (TPSA) is 72.0 Å². The molecule has 0 fully saturated rings. The molecule has 5 heteroatoms. The number of amidine groups is 1. The molecule has 0 atom stereocenters. The average Bonchev–Trinajstić information content (AvgIpc) is 2.51. The standard InChI is InChI=1S/C16H12ClN3O/c17-12-7-8-13(11-5-2-1-4-10(11)12)21-14-6-3-9-20-15(14)16(18)19/h1-9H,(H3,18,19). The Bertz CT molecular complexity index is 833. The van der Waals surface area contributed by atoms with Crippen molar-refractivity contribution < 1.29 is 4.74 Å². The summed E-state index contributed by atoms with van der Waals surface area (Å²) >= 11 is 6.19. The molecule has 0 aliphatic heterocycles. The number of hydrogen-bond acceptors (Lipinski definition) is 3. The summed E-state index contributed by atoms with van der Waals surface area (Å²) in [5.41, 5.74) is 5.84.